The van der Waals surface area contributed by atoms with Gasteiger partial charge in [-0.3, -0.25) is 15.0 Å². The van der Waals surface area contributed by atoms with Crippen molar-refractivity contribution in [2.75, 3.05) is 13.2 Å². The first-order valence-electron chi connectivity index (χ1n) is 6.89. The Balaban J connectivity index is 2.05. The molecule has 6 heteroatoms. The van der Waals surface area contributed by atoms with Gasteiger partial charge in [-0.2, -0.15) is 4.39 Å². The second kappa shape index (κ2) is 6.76. The average molecular weight is 282 g/mol. The molecule has 0 bridgehead atoms. The summed E-state index contributed by atoms with van der Waals surface area (Å²) in [5.41, 5.74) is 0.247. The van der Waals surface area contributed by atoms with Crippen molar-refractivity contribution >= 4 is 5.69 Å². The van der Waals surface area contributed by atoms with Crippen molar-refractivity contribution in [1.29, 1.82) is 0 Å². The van der Waals surface area contributed by atoms with Crippen molar-refractivity contribution in [3.8, 4) is 0 Å². The fourth-order valence-corrected chi connectivity index (χ4v) is 2.45. The van der Waals surface area contributed by atoms with Crippen LogP contribution in [0, 0.1) is 15.9 Å². The predicted octanol–water partition coefficient (Wildman–Crippen LogP) is 2.47. The molecule has 0 saturated heterocycles. The minimum Gasteiger partial charge on any atom is -0.396 e. The van der Waals surface area contributed by atoms with Gasteiger partial charge in [0.15, 0.2) is 0 Å². The zero-order chi connectivity index (χ0) is 14.5. The Morgan fingerprint density at radius 3 is 2.70 bits per heavy atom. The van der Waals surface area contributed by atoms with E-state index in [2.05, 4.69) is 4.90 Å². The number of hydrogen-bond donors (Lipinski definition) is 1. The number of rotatable bonds is 7. The summed E-state index contributed by atoms with van der Waals surface area (Å²) < 4.78 is 13.6. The van der Waals surface area contributed by atoms with Crippen LogP contribution in [0.1, 0.15) is 31.2 Å². The van der Waals surface area contributed by atoms with E-state index in [9.17, 15) is 14.5 Å². The maximum Gasteiger partial charge on any atom is 0.304 e. The van der Waals surface area contributed by atoms with E-state index in [1.54, 1.807) is 6.07 Å². The number of nitrogens with zero attached hydrogens (tertiary/aromatic N) is 2. The van der Waals surface area contributed by atoms with E-state index >= 15 is 0 Å². The largest absolute Gasteiger partial charge is 0.396 e. The number of nitro benzene ring substituents is 1. The first-order chi connectivity index (χ1) is 9.61. The van der Waals surface area contributed by atoms with Gasteiger partial charge < -0.3 is 5.11 Å². The SMILES string of the molecule is O=[N+]([O-])c1ccc(CN(CCCO)C2CCC2)cc1F. The van der Waals surface area contributed by atoms with Gasteiger partial charge in [-0.15, -0.1) is 0 Å². The summed E-state index contributed by atoms with van der Waals surface area (Å²) in [4.78, 5) is 12.1. The van der Waals surface area contributed by atoms with Gasteiger partial charge in [-0.25, -0.2) is 0 Å². The Labute approximate surface area is 117 Å². The molecule has 1 aliphatic carbocycles. The second-order valence-corrected chi connectivity index (χ2v) is 5.18. The summed E-state index contributed by atoms with van der Waals surface area (Å²) in [7, 11) is 0. The third-order valence-corrected chi connectivity index (χ3v) is 3.79. The molecule has 1 aromatic carbocycles. The summed E-state index contributed by atoms with van der Waals surface area (Å²) >= 11 is 0. The lowest BCUT2D eigenvalue weighted by Gasteiger charge is -2.37. The molecule has 1 N–H and O–H groups in total. The van der Waals surface area contributed by atoms with Gasteiger partial charge in [-0.05, 0) is 30.9 Å². The van der Waals surface area contributed by atoms with Crippen LogP contribution in [0.2, 0.25) is 0 Å². The maximum atomic E-state index is 13.6. The van der Waals surface area contributed by atoms with Crippen LogP contribution in [0.5, 0.6) is 0 Å². The normalized spacial score (nSPS) is 15.3. The van der Waals surface area contributed by atoms with E-state index < -0.39 is 16.4 Å². The molecule has 0 aromatic heterocycles. The zero-order valence-corrected chi connectivity index (χ0v) is 11.3. The molecule has 0 heterocycles. The van der Waals surface area contributed by atoms with Crippen molar-refractivity contribution < 1.29 is 14.4 Å². The average Bonchev–Trinajstić information content (AvgIpc) is 2.33. The molecule has 1 saturated carbocycles. The quantitative estimate of drug-likeness (QED) is 0.616. The lowest BCUT2D eigenvalue weighted by molar-refractivity contribution is -0.387. The third-order valence-electron chi connectivity index (χ3n) is 3.79. The van der Waals surface area contributed by atoms with Crippen LogP contribution < -0.4 is 0 Å². The highest BCUT2D eigenvalue weighted by atomic mass is 19.1. The summed E-state index contributed by atoms with van der Waals surface area (Å²) in [6.45, 7) is 1.47. The molecular weight excluding hydrogens is 263 g/mol. The van der Waals surface area contributed by atoms with Crippen LogP contribution >= 0.6 is 0 Å². The van der Waals surface area contributed by atoms with E-state index in [1.807, 2.05) is 0 Å². The molecule has 0 spiro atoms. The number of nitro groups is 1. The van der Waals surface area contributed by atoms with Gasteiger partial charge in [0.1, 0.15) is 0 Å². The van der Waals surface area contributed by atoms with Crippen molar-refractivity contribution in [3.63, 3.8) is 0 Å². The number of aliphatic hydroxyl groups excluding tert-OH is 1. The van der Waals surface area contributed by atoms with Crippen LogP contribution in [0.4, 0.5) is 10.1 Å². The Kier molecular flexibility index (Phi) is 5.03. The molecular formula is C14H19FN2O3. The van der Waals surface area contributed by atoms with Crippen molar-refractivity contribution in [1.82, 2.24) is 4.90 Å². The van der Waals surface area contributed by atoms with Crippen LogP contribution in [0.15, 0.2) is 18.2 Å². The molecule has 0 amide bonds. The molecule has 2 rings (SSSR count). The van der Waals surface area contributed by atoms with Crippen LogP contribution in [-0.4, -0.2) is 34.1 Å². The topological polar surface area (TPSA) is 66.6 Å². The zero-order valence-electron chi connectivity index (χ0n) is 11.3. The molecule has 110 valence electrons. The fourth-order valence-electron chi connectivity index (χ4n) is 2.45. The summed E-state index contributed by atoms with van der Waals surface area (Å²) in [6.07, 6.45) is 4.14. The molecule has 1 fully saturated rings. The summed E-state index contributed by atoms with van der Waals surface area (Å²) in [5, 5.41) is 19.5. The molecule has 5 nitrogen and oxygen atoms in total. The fraction of sp³-hybridized carbons (Fsp3) is 0.571. The van der Waals surface area contributed by atoms with E-state index in [0.29, 0.717) is 19.0 Å². The highest BCUT2D eigenvalue weighted by Gasteiger charge is 2.25. The Bertz CT molecular complexity index is 477. The predicted molar refractivity (Wildman–Crippen MR) is 72.8 cm³/mol. The second-order valence-electron chi connectivity index (χ2n) is 5.18. The molecule has 0 unspecified atom stereocenters. The Morgan fingerprint density at radius 2 is 2.20 bits per heavy atom. The van der Waals surface area contributed by atoms with Crippen molar-refractivity contribution in [2.24, 2.45) is 0 Å². The molecule has 0 radical (unpaired) electrons. The van der Waals surface area contributed by atoms with Gasteiger partial charge in [-0.1, -0.05) is 12.5 Å². The summed E-state index contributed by atoms with van der Waals surface area (Å²) in [5.74, 6) is -0.789. The van der Waals surface area contributed by atoms with E-state index in [0.717, 1.165) is 24.9 Å². The number of hydrogen-bond acceptors (Lipinski definition) is 4. The van der Waals surface area contributed by atoms with Crippen LogP contribution in [0.25, 0.3) is 0 Å². The first kappa shape index (κ1) is 14.9. The van der Waals surface area contributed by atoms with E-state index in [4.69, 9.17) is 5.11 Å². The molecule has 20 heavy (non-hydrogen) atoms. The van der Waals surface area contributed by atoms with Crippen LogP contribution in [0.3, 0.4) is 0 Å². The third kappa shape index (κ3) is 3.52. The van der Waals surface area contributed by atoms with Gasteiger partial charge >= 0.3 is 5.69 Å². The number of halogens is 1. The van der Waals surface area contributed by atoms with Gasteiger partial charge in [0.25, 0.3) is 0 Å². The lowest BCUT2D eigenvalue weighted by Crippen LogP contribution is -2.40. The number of aliphatic hydroxyl groups is 1. The standard InChI is InChI=1S/C14H19FN2O3/c15-13-9-11(5-6-14(13)17(19)20)10-16(7-2-8-18)12-3-1-4-12/h5-6,9,12,18H,1-4,7-8,10H2. The van der Waals surface area contributed by atoms with Gasteiger partial charge in [0, 0.05) is 31.8 Å². The van der Waals surface area contributed by atoms with E-state index in [-0.39, 0.29) is 6.61 Å². The van der Waals surface area contributed by atoms with Gasteiger partial charge in [0.05, 0.1) is 4.92 Å². The van der Waals surface area contributed by atoms with E-state index in [1.165, 1.54) is 18.6 Å². The molecule has 0 atom stereocenters. The summed E-state index contributed by atoms with van der Waals surface area (Å²) in [6, 6.07) is 4.55. The lowest BCUT2D eigenvalue weighted by atomic mass is 9.91. The number of benzene rings is 1. The molecule has 1 aliphatic rings. The maximum absolute atomic E-state index is 13.6. The molecule has 0 aliphatic heterocycles. The minimum atomic E-state index is -0.789. The van der Waals surface area contributed by atoms with Crippen LogP contribution in [-0.2, 0) is 6.54 Å². The monoisotopic (exact) mass is 282 g/mol. The van der Waals surface area contributed by atoms with Crippen molar-refractivity contribution in [2.45, 2.75) is 38.3 Å². The Morgan fingerprint density at radius 1 is 1.45 bits per heavy atom. The highest BCUT2D eigenvalue weighted by Crippen LogP contribution is 2.27. The highest BCUT2D eigenvalue weighted by molar-refractivity contribution is 5.35. The first-order valence-corrected chi connectivity index (χ1v) is 6.89. The smallest absolute Gasteiger partial charge is 0.304 e. The minimum absolute atomic E-state index is 0.137. The van der Waals surface area contributed by atoms with Gasteiger partial charge in [0.2, 0.25) is 5.82 Å². The molecule has 1 aromatic rings. The Hall–Kier alpha value is -1.53. The van der Waals surface area contributed by atoms with Crippen molar-refractivity contribution in [3.05, 3.63) is 39.7 Å².